The van der Waals surface area contributed by atoms with Gasteiger partial charge in [0.1, 0.15) is 31.3 Å². The third kappa shape index (κ3) is 11.1. The average Bonchev–Trinajstić information content (AvgIpc) is 3.88. The summed E-state index contributed by atoms with van der Waals surface area (Å²) in [5.41, 5.74) is 9.74. The number of carbonyl (C=O) groups is 4. The van der Waals surface area contributed by atoms with Crippen molar-refractivity contribution in [2.45, 2.75) is 114 Å². The van der Waals surface area contributed by atoms with Crippen LogP contribution in [-0.2, 0) is 56.4 Å². The molecule has 0 saturated heterocycles. The van der Waals surface area contributed by atoms with Crippen molar-refractivity contribution in [1.29, 1.82) is 0 Å². The zero-order chi connectivity index (χ0) is 52.5. The summed E-state index contributed by atoms with van der Waals surface area (Å²) in [6, 6.07) is 29.1. The topological polar surface area (TPSA) is 161 Å². The van der Waals surface area contributed by atoms with Crippen LogP contribution < -0.4 is 29.3 Å². The second kappa shape index (κ2) is 22.0. The number of carbonyl (C=O) groups excluding carboxylic acids is 4. The predicted molar refractivity (Wildman–Crippen MR) is 292 cm³/mol. The largest absolute Gasteiger partial charge is 0.493 e. The second-order valence-electron chi connectivity index (χ2n) is 19.8. The summed E-state index contributed by atoms with van der Waals surface area (Å²) >= 11 is 0. The van der Waals surface area contributed by atoms with Gasteiger partial charge in [0.15, 0.2) is 17.3 Å². The Morgan fingerprint density at radius 3 is 2.19 bits per heavy atom. The number of ether oxygens (including phenoxy) is 3. The quantitative estimate of drug-likeness (QED) is 0.0259. The molecule has 0 aromatic heterocycles. The molecule has 3 atom stereocenters. The van der Waals surface area contributed by atoms with Crippen LogP contribution in [0.4, 0.5) is 22.7 Å². The van der Waals surface area contributed by atoms with Gasteiger partial charge in [-0.3, -0.25) is 23.4 Å². The molecule has 5 aromatic rings. The van der Waals surface area contributed by atoms with Crippen molar-refractivity contribution in [2.75, 3.05) is 42.1 Å². The van der Waals surface area contributed by atoms with Crippen molar-refractivity contribution in [3.63, 3.8) is 0 Å². The van der Waals surface area contributed by atoms with E-state index in [1.165, 1.54) is 16.4 Å². The van der Waals surface area contributed by atoms with Gasteiger partial charge in [0.2, 0.25) is 11.8 Å². The minimum Gasteiger partial charge on any atom is -0.493 e. The predicted octanol–water partition coefficient (Wildman–Crippen LogP) is 10.1. The van der Waals surface area contributed by atoms with E-state index in [2.05, 4.69) is 27.8 Å². The Morgan fingerprint density at radius 1 is 0.838 bits per heavy atom. The van der Waals surface area contributed by atoms with E-state index in [9.17, 15) is 27.6 Å². The summed E-state index contributed by atoms with van der Waals surface area (Å²) in [5.74, 6) is 1.22. The van der Waals surface area contributed by atoms with Crippen molar-refractivity contribution in [3.8, 4) is 17.2 Å². The lowest BCUT2D eigenvalue weighted by Gasteiger charge is -2.23. The highest BCUT2D eigenvalue weighted by atomic mass is 33.1. The first-order valence-corrected chi connectivity index (χ1v) is 28.8. The summed E-state index contributed by atoms with van der Waals surface area (Å²) < 4.78 is 50.0. The van der Waals surface area contributed by atoms with Crippen LogP contribution in [0, 0.1) is 6.92 Å². The zero-order valence-electron chi connectivity index (χ0n) is 42.8. The Bertz CT molecular complexity index is 3180. The lowest BCUT2D eigenvalue weighted by molar-refractivity contribution is -0.401. The number of hydrogen-bond donors (Lipinski definition) is 1. The van der Waals surface area contributed by atoms with E-state index in [1.54, 1.807) is 30.9 Å². The van der Waals surface area contributed by atoms with Crippen LogP contribution in [-0.4, -0.2) is 91.8 Å². The number of nitrogens with zero attached hydrogens (tertiary/aromatic N) is 3. The molecule has 74 heavy (non-hydrogen) atoms. The number of benzene rings is 5. The number of aryl methyl sites for hydroxylation is 2. The molecule has 9 rings (SSSR count). The lowest BCUT2D eigenvalue weighted by atomic mass is 9.99. The first-order chi connectivity index (χ1) is 35.5. The highest BCUT2D eigenvalue weighted by molar-refractivity contribution is 8.77. The molecular weight excluding hydrogens is 997 g/mol. The van der Waals surface area contributed by atoms with Gasteiger partial charge in [0, 0.05) is 69.8 Å². The molecule has 14 nitrogen and oxygen atoms in total. The second-order valence-corrected chi connectivity index (χ2v) is 24.8. The zero-order valence-corrected chi connectivity index (χ0v) is 45.3. The molecule has 0 saturated carbocycles. The van der Waals surface area contributed by atoms with Crippen LogP contribution in [0.15, 0.2) is 91.0 Å². The molecule has 17 heteroatoms. The van der Waals surface area contributed by atoms with Crippen molar-refractivity contribution in [1.82, 2.24) is 0 Å². The van der Waals surface area contributed by atoms with Crippen LogP contribution in [0.2, 0.25) is 0 Å². The summed E-state index contributed by atoms with van der Waals surface area (Å²) in [4.78, 5) is 58.3. The third-order valence-corrected chi connectivity index (χ3v) is 19.2. The minimum atomic E-state index is -4.00. The number of amides is 3. The number of Topliss-reactive ketones (excluding diaryl/α,β-unsaturated/α-hetero) is 1. The highest BCUT2D eigenvalue weighted by Gasteiger charge is 2.39. The van der Waals surface area contributed by atoms with E-state index in [0.717, 1.165) is 59.1 Å². The maximum absolute atomic E-state index is 14.2. The van der Waals surface area contributed by atoms with E-state index < -0.39 is 15.4 Å². The van der Waals surface area contributed by atoms with Crippen molar-refractivity contribution in [2.24, 2.45) is 0 Å². The number of para-hydroxylation sites is 2. The number of methoxy groups -OCH3 is 1. The lowest BCUT2D eigenvalue weighted by Crippen LogP contribution is -2.38. The van der Waals surface area contributed by atoms with Gasteiger partial charge in [-0.1, -0.05) is 71.0 Å². The first-order valence-electron chi connectivity index (χ1n) is 25.0. The SMILES string of the molecule is CCC(=O)C(CCSSC(C)(C)CCC(=O)Nc1cc(COc2cc3c(cc2C)C(=O)N2c4ccccc4C[C@H]2[C-]=[N+]3C)cc(COc2cc3c(cc2OC)C(=O)N2c4ccccc4C[C@H]2CC3)c1)S(=O)(=O)OC. The highest BCUT2D eigenvalue weighted by Crippen LogP contribution is 2.43. The molecule has 4 aliphatic rings. The summed E-state index contributed by atoms with van der Waals surface area (Å²) in [6.07, 6.45) is 7.46. The molecule has 3 amide bonds. The summed E-state index contributed by atoms with van der Waals surface area (Å²) in [5, 5.41) is 1.89. The Balaban J connectivity index is 0.924. The van der Waals surface area contributed by atoms with E-state index in [4.69, 9.17) is 14.2 Å². The Hall–Kier alpha value is -6.14. The number of fused-ring (bicyclic) bond motifs is 8. The molecule has 0 bridgehead atoms. The van der Waals surface area contributed by atoms with Gasteiger partial charge in [-0.15, -0.1) is 0 Å². The molecule has 4 heterocycles. The summed E-state index contributed by atoms with van der Waals surface area (Å²) in [6.45, 7) is 7.85. The molecule has 0 spiro atoms. The van der Waals surface area contributed by atoms with Gasteiger partial charge in [-0.2, -0.15) is 8.42 Å². The fourth-order valence-electron chi connectivity index (χ4n) is 10.3. The van der Waals surface area contributed by atoms with Gasteiger partial charge in [-0.05, 0) is 141 Å². The molecule has 5 aromatic carbocycles. The maximum Gasteiger partial charge on any atom is 0.277 e. The number of hydrogen-bond acceptors (Lipinski definition) is 12. The molecule has 0 aliphatic carbocycles. The van der Waals surface area contributed by atoms with E-state index in [1.807, 2.05) is 115 Å². The number of ketones is 1. The van der Waals surface area contributed by atoms with Crippen molar-refractivity contribution >= 4 is 84.2 Å². The van der Waals surface area contributed by atoms with Gasteiger partial charge < -0.3 is 33.9 Å². The van der Waals surface area contributed by atoms with Gasteiger partial charge in [0.25, 0.3) is 16.0 Å². The van der Waals surface area contributed by atoms with Crippen LogP contribution >= 0.6 is 21.6 Å². The molecular formula is C57H62N4O10S3. The minimum absolute atomic E-state index is 0.0507. The standard InChI is InChI=1S/C57H62N4O10S3/c1-8-49(62)53(74(66,67)69-7)20-22-72-73-57(3,4)21-19-54(63)58-41-25-36(33-70-50-31-48-45(23-35(50)2)56(65)61-43(32-59(48)5)28-40-14-10-12-16-47(40)61)24-37(26-41)34-71-52-29-38-17-18-42-27-39-13-9-11-15-46(39)60(42)55(64)44(38)30-51(52)68-6/h9-16,23-26,29-31,42-43,53H,8,17-22,27-28,33-34H2,1-7H3,(H,58,63)/t42-,43+,53?/m1/s1. The van der Waals surface area contributed by atoms with Crippen molar-refractivity contribution in [3.05, 3.63) is 136 Å². The monoisotopic (exact) mass is 1060 g/mol. The molecule has 388 valence electrons. The molecule has 0 fully saturated rings. The normalized spacial score (nSPS) is 17.1. The molecule has 0 radical (unpaired) electrons. The third-order valence-electron chi connectivity index (χ3n) is 14.2. The van der Waals surface area contributed by atoms with E-state index >= 15 is 0 Å². The average molecular weight is 1060 g/mol. The maximum atomic E-state index is 14.2. The van der Waals surface area contributed by atoms with E-state index in [-0.39, 0.29) is 72.8 Å². The van der Waals surface area contributed by atoms with Crippen LogP contribution in [0.25, 0.3) is 0 Å². The van der Waals surface area contributed by atoms with E-state index in [0.29, 0.717) is 64.8 Å². The Morgan fingerprint density at radius 2 is 1.50 bits per heavy atom. The van der Waals surface area contributed by atoms with Crippen LogP contribution in [0.1, 0.15) is 107 Å². The van der Waals surface area contributed by atoms with Crippen LogP contribution in [0.3, 0.4) is 0 Å². The Labute approximate surface area is 441 Å². The van der Waals surface area contributed by atoms with Crippen LogP contribution in [0.5, 0.6) is 17.2 Å². The fraction of sp³-hybridized carbons (Fsp3) is 0.386. The first kappa shape index (κ1) is 52.7. The molecule has 1 unspecified atom stereocenters. The number of anilines is 3. The number of rotatable bonds is 20. The molecule has 4 aliphatic heterocycles. The Kier molecular flexibility index (Phi) is 15.7. The van der Waals surface area contributed by atoms with Gasteiger partial charge in [0.05, 0.1) is 19.9 Å². The van der Waals surface area contributed by atoms with Gasteiger partial charge >= 0.3 is 0 Å². The van der Waals surface area contributed by atoms with Gasteiger partial charge in [-0.25, -0.2) is 0 Å². The van der Waals surface area contributed by atoms with Crippen molar-refractivity contribution < 1.29 is 50.6 Å². The molecule has 1 N–H and O–H groups in total. The summed E-state index contributed by atoms with van der Waals surface area (Å²) in [7, 11) is 3.55. The fourth-order valence-corrected chi connectivity index (χ4v) is 14.3. The smallest absolute Gasteiger partial charge is 0.277 e. The number of nitrogens with one attached hydrogen (secondary N) is 1.